The Morgan fingerprint density at radius 2 is 1.80 bits per heavy atom. The second-order valence-electron chi connectivity index (χ2n) is 5.94. The van der Waals surface area contributed by atoms with E-state index in [-0.39, 0.29) is 17.7 Å². The summed E-state index contributed by atoms with van der Waals surface area (Å²) >= 11 is 4.85. The van der Waals surface area contributed by atoms with Crippen molar-refractivity contribution in [3.8, 4) is 0 Å². The Kier molecular flexibility index (Phi) is 5.53. The minimum atomic E-state index is -3.41. The van der Waals surface area contributed by atoms with Gasteiger partial charge in [-0.05, 0) is 17.5 Å². The van der Waals surface area contributed by atoms with Crippen LogP contribution in [0.3, 0.4) is 0 Å². The van der Waals surface area contributed by atoms with E-state index in [0.29, 0.717) is 17.1 Å². The molecule has 1 aromatic carbocycles. The highest BCUT2D eigenvalue weighted by molar-refractivity contribution is 7.92. The molecule has 0 bridgehead atoms. The number of benzene rings is 1. The highest BCUT2D eigenvalue weighted by atomic mass is 32.2. The van der Waals surface area contributed by atoms with E-state index in [0.717, 1.165) is 0 Å². The van der Waals surface area contributed by atoms with Crippen LogP contribution in [-0.4, -0.2) is 25.7 Å². The van der Waals surface area contributed by atoms with Crippen molar-refractivity contribution in [3.05, 3.63) is 30.3 Å². The molecule has 0 aliphatic heterocycles. The van der Waals surface area contributed by atoms with E-state index in [2.05, 4.69) is 0 Å². The van der Waals surface area contributed by atoms with Gasteiger partial charge in [0.15, 0.2) is 0 Å². The van der Waals surface area contributed by atoms with Crippen LogP contribution in [0.5, 0.6) is 0 Å². The molecule has 0 fully saturated rings. The molecule has 0 unspecified atom stereocenters. The van der Waals surface area contributed by atoms with Crippen molar-refractivity contribution in [3.63, 3.8) is 0 Å². The molecule has 0 aliphatic carbocycles. The Bertz CT molecular complexity index is 548. The molecule has 0 heterocycles. The third kappa shape index (κ3) is 5.46. The predicted molar refractivity (Wildman–Crippen MR) is 88.4 cm³/mol. The Labute approximate surface area is 127 Å². The first kappa shape index (κ1) is 16.9. The highest BCUT2D eigenvalue weighted by Crippen LogP contribution is 2.24. The van der Waals surface area contributed by atoms with Crippen LogP contribution in [0.2, 0.25) is 0 Å². The number of anilines is 1. The average molecular weight is 314 g/mol. The molecule has 0 aromatic heterocycles. The van der Waals surface area contributed by atoms with Crippen molar-refractivity contribution in [1.82, 2.24) is 0 Å². The molecule has 4 nitrogen and oxygen atoms in total. The van der Waals surface area contributed by atoms with Crippen LogP contribution in [-0.2, 0) is 10.0 Å². The van der Waals surface area contributed by atoms with E-state index in [4.69, 9.17) is 18.0 Å². The number of hydrogen-bond donors (Lipinski definition) is 1. The van der Waals surface area contributed by atoms with Crippen LogP contribution in [0.4, 0.5) is 5.69 Å². The predicted octanol–water partition coefficient (Wildman–Crippen LogP) is 2.55. The van der Waals surface area contributed by atoms with E-state index in [1.807, 2.05) is 39.0 Å². The molecule has 0 atom stereocenters. The van der Waals surface area contributed by atoms with Gasteiger partial charge in [-0.3, -0.25) is 4.31 Å². The summed E-state index contributed by atoms with van der Waals surface area (Å²) in [6.45, 7) is 5.99. The van der Waals surface area contributed by atoms with E-state index in [1.165, 1.54) is 4.31 Å². The van der Waals surface area contributed by atoms with Crippen LogP contribution in [0.25, 0.3) is 0 Å². The normalized spacial score (nSPS) is 12.2. The largest absolute Gasteiger partial charge is 0.393 e. The summed E-state index contributed by atoms with van der Waals surface area (Å²) in [5, 5.41) is 0. The Balaban J connectivity index is 3.08. The summed E-state index contributed by atoms with van der Waals surface area (Å²) in [6, 6.07) is 9.04. The van der Waals surface area contributed by atoms with Gasteiger partial charge in [0.25, 0.3) is 0 Å². The monoisotopic (exact) mass is 314 g/mol. The standard InChI is InChI=1S/C14H22N2O2S2/c1-14(2,3)11-20(17,18)16(10-9-13(15)19)12-7-5-4-6-8-12/h4-8H,9-11H2,1-3H3,(H2,15,19). The molecule has 112 valence electrons. The summed E-state index contributed by atoms with van der Waals surface area (Å²) in [6.07, 6.45) is 0.369. The lowest BCUT2D eigenvalue weighted by molar-refractivity contribution is 0.460. The maximum atomic E-state index is 12.6. The van der Waals surface area contributed by atoms with Crippen molar-refractivity contribution in [2.45, 2.75) is 27.2 Å². The minimum absolute atomic E-state index is 0.0756. The van der Waals surface area contributed by atoms with Crippen molar-refractivity contribution >= 4 is 32.9 Å². The summed E-state index contributed by atoms with van der Waals surface area (Å²) in [4.78, 5) is 0.317. The van der Waals surface area contributed by atoms with Crippen LogP contribution in [0.15, 0.2) is 30.3 Å². The molecule has 6 heteroatoms. The van der Waals surface area contributed by atoms with Crippen molar-refractivity contribution in [1.29, 1.82) is 0 Å². The fraction of sp³-hybridized carbons (Fsp3) is 0.500. The van der Waals surface area contributed by atoms with Gasteiger partial charge in [-0.2, -0.15) is 0 Å². The number of sulfonamides is 1. The molecule has 0 spiro atoms. The first-order valence-corrected chi connectivity index (χ1v) is 8.47. The first-order chi connectivity index (χ1) is 9.12. The fourth-order valence-corrected chi connectivity index (χ4v) is 4.01. The van der Waals surface area contributed by atoms with Crippen molar-refractivity contribution < 1.29 is 8.42 Å². The number of thiocarbonyl (C=S) groups is 1. The van der Waals surface area contributed by atoms with Gasteiger partial charge in [0.2, 0.25) is 10.0 Å². The lowest BCUT2D eigenvalue weighted by atomic mass is 10.0. The molecule has 0 radical (unpaired) electrons. The zero-order chi connectivity index (χ0) is 15.4. The Morgan fingerprint density at radius 1 is 1.25 bits per heavy atom. The van der Waals surface area contributed by atoms with E-state index >= 15 is 0 Å². The molecule has 0 amide bonds. The average Bonchev–Trinajstić information content (AvgIpc) is 2.26. The zero-order valence-corrected chi connectivity index (χ0v) is 13.8. The van der Waals surface area contributed by atoms with Crippen LogP contribution in [0.1, 0.15) is 27.2 Å². The Hall–Kier alpha value is -1.14. The van der Waals surface area contributed by atoms with Gasteiger partial charge < -0.3 is 5.73 Å². The molecule has 0 saturated heterocycles. The maximum absolute atomic E-state index is 12.6. The third-order valence-electron chi connectivity index (χ3n) is 2.56. The second-order valence-corrected chi connectivity index (χ2v) is 8.36. The number of rotatable bonds is 6. The molecule has 2 N–H and O–H groups in total. The minimum Gasteiger partial charge on any atom is -0.393 e. The lowest BCUT2D eigenvalue weighted by Crippen LogP contribution is -2.38. The number of para-hydroxylation sites is 1. The van der Waals surface area contributed by atoms with Gasteiger partial charge in [-0.1, -0.05) is 51.2 Å². The van der Waals surface area contributed by atoms with E-state index in [1.54, 1.807) is 12.1 Å². The number of hydrogen-bond acceptors (Lipinski definition) is 3. The van der Waals surface area contributed by atoms with Gasteiger partial charge in [0, 0.05) is 13.0 Å². The number of nitrogens with two attached hydrogens (primary N) is 1. The first-order valence-electron chi connectivity index (χ1n) is 6.46. The SMILES string of the molecule is CC(C)(C)CS(=O)(=O)N(CCC(N)=S)c1ccccc1. The molecular weight excluding hydrogens is 292 g/mol. The van der Waals surface area contributed by atoms with Gasteiger partial charge in [0.1, 0.15) is 0 Å². The number of nitrogens with zero attached hydrogens (tertiary/aromatic N) is 1. The van der Waals surface area contributed by atoms with Crippen molar-refractivity contribution in [2.24, 2.45) is 11.1 Å². The zero-order valence-electron chi connectivity index (χ0n) is 12.2. The summed E-state index contributed by atoms with van der Waals surface area (Å²) in [7, 11) is -3.41. The molecule has 1 rings (SSSR count). The van der Waals surface area contributed by atoms with Gasteiger partial charge in [0.05, 0.1) is 16.4 Å². The van der Waals surface area contributed by atoms with E-state index in [9.17, 15) is 8.42 Å². The smallest absolute Gasteiger partial charge is 0.235 e. The summed E-state index contributed by atoms with van der Waals surface area (Å²) in [5.41, 5.74) is 5.84. The fourth-order valence-electron chi connectivity index (χ4n) is 1.86. The van der Waals surface area contributed by atoms with Crippen LogP contribution < -0.4 is 10.0 Å². The van der Waals surface area contributed by atoms with Gasteiger partial charge >= 0.3 is 0 Å². The van der Waals surface area contributed by atoms with Crippen LogP contribution in [0, 0.1) is 5.41 Å². The highest BCUT2D eigenvalue weighted by Gasteiger charge is 2.28. The Morgan fingerprint density at radius 3 is 2.25 bits per heavy atom. The van der Waals surface area contributed by atoms with E-state index < -0.39 is 10.0 Å². The molecular formula is C14H22N2O2S2. The summed E-state index contributed by atoms with van der Waals surface area (Å²) in [5.74, 6) is 0.0756. The van der Waals surface area contributed by atoms with Crippen LogP contribution >= 0.6 is 12.2 Å². The quantitative estimate of drug-likeness (QED) is 0.820. The molecule has 0 aliphatic rings. The third-order valence-corrected chi connectivity index (χ3v) is 5.06. The molecule has 1 aromatic rings. The summed E-state index contributed by atoms with van der Waals surface area (Å²) < 4.78 is 26.6. The lowest BCUT2D eigenvalue weighted by Gasteiger charge is -2.28. The topological polar surface area (TPSA) is 63.4 Å². The molecule has 0 saturated carbocycles. The van der Waals surface area contributed by atoms with Crippen molar-refractivity contribution in [2.75, 3.05) is 16.6 Å². The molecule has 20 heavy (non-hydrogen) atoms. The second kappa shape index (κ2) is 6.54. The van der Waals surface area contributed by atoms with Gasteiger partial charge in [-0.25, -0.2) is 8.42 Å². The maximum Gasteiger partial charge on any atom is 0.235 e. The van der Waals surface area contributed by atoms with Gasteiger partial charge in [-0.15, -0.1) is 0 Å².